The number of aromatic amines is 1. The molecule has 9 heavy (non-hydrogen) atoms. The van der Waals surface area contributed by atoms with E-state index in [1.807, 2.05) is 0 Å². The van der Waals surface area contributed by atoms with Crippen molar-refractivity contribution in [1.29, 1.82) is 0 Å². The summed E-state index contributed by atoms with van der Waals surface area (Å²) in [5, 5.41) is 19.2. The first kappa shape index (κ1) is 6.02. The molecule has 0 bridgehead atoms. The molecule has 0 aliphatic carbocycles. The van der Waals surface area contributed by atoms with Crippen LogP contribution >= 0.6 is 11.8 Å². The molecule has 2 N–H and O–H groups in total. The van der Waals surface area contributed by atoms with Crippen LogP contribution < -0.4 is 0 Å². The van der Waals surface area contributed by atoms with Gasteiger partial charge in [-0.15, -0.1) is 5.10 Å². The highest BCUT2D eigenvalue weighted by atomic mass is 32.2. The molecule has 1 aromatic heterocycles. The zero-order valence-electron chi connectivity index (χ0n) is 4.11. The second kappa shape index (κ2) is 2.44. The molecule has 6 nitrogen and oxygen atoms in total. The Morgan fingerprint density at radius 1 is 1.78 bits per heavy atom. The molecule has 0 atom stereocenters. The van der Waals surface area contributed by atoms with Crippen molar-refractivity contribution < 1.29 is 9.90 Å². The van der Waals surface area contributed by atoms with E-state index in [-0.39, 0.29) is 5.16 Å². The minimum absolute atomic E-state index is 0.183. The molecule has 0 aliphatic heterocycles. The van der Waals surface area contributed by atoms with Crippen molar-refractivity contribution >= 4 is 17.1 Å². The van der Waals surface area contributed by atoms with Crippen molar-refractivity contribution in [2.75, 3.05) is 0 Å². The predicted molar refractivity (Wildman–Crippen MR) is 28.1 cm³/mol. The summed E-state index contributed by atoms with van der Waals surface area (Å²) < 4.78 is 0. The first-order valence-electron chi connectivity index (χ1n) is 1.93. The maximum Gasteiger partial charge on any atom is 0.372 e. The van der Waals surface area contributed by atoms with E-state index in [4.69, 9.17) is 5.11 Å². The highest BCUT2D eigenvalue weighted by Crippen LogP contribution is 2.09. The zero-order chi connectivity index (χ0) is 6.69. The van der Waals surface area contributed by atoms with Gasteiger partial charge in [-0.2, -0.15) is 0 Å². The number of rotatable bonds is 1. The van der Waals surface area contributed by atoms with Crippen LogP contribution in [0.4, 0.5) is 4.79 Å². The van der Waals surface area contributed by atoms with E-state index in [2.05, 4.69) is 20.6 Å². The maximum absolute atomic E-state index is 9.91. The number of thioether (sulfide) groups is 1. The quantitative estimate of drug-likeness (QED) is 0.540. The second-order valence-electron chi connectivity index (χ2n) is 1.07. The first-order valence-corrected chi connectivity index (χ1v) is 2.75. The third-order valence-electron chi connectivity index (χ3n) is 0.510. The number of nitrogens with zero attached hydrogens (tertiary/aromatic N) is 3. The Bertz CT molecular complexity index is 196. The largest absolute Gasteiger partial charge is 0.473 e. The second-order valence-corrected chi connectivity index (χ2v) is 2.01. The summed E-state index contributed by atoms with van der Waals surface area (Å²) in [6.07, 6.45) is 0. The molecule has 0 fully saturated rings. The topological polar surface area (TPSA) is 91.8 Å². The SMILES string of the molecule is O=C(O)Sc1nnn[nH]1. The van der Waals surface area contributed by atoms with Crippen LogP contribution in [0.15, 0.2) is 5.16 Å². The molecule has 0 amide bonds. The van der Waals surface area contributed by atoms with E-state index in [0.29, 0.717) is 11.8 Å². The van der Waals surface area contributed by atoms with Crippen LogP contribution in [-0.2, 0) is 0 Å². The fourth-order valence-electron chi connectivity index (χ4n) is 0.276. The lowest BCUT2D eigenvalue weighted by Gasteiger charge is -1.81. The van der Waals surface area contributed by atoms with E-state index in [1.165, 1.54) is 0 Å². The minimum atomic E-state index is -1.03. The van der Waals surface area contributed by atoms with Gasteiger partial charge in [0.2, 0.25) is 5.16 Å². The molecule has 0 saturated carbocycles. The van der Waals surface area contributed by atoms with Crippen LogP contribution in [0.1, 0.15) is 0 Å². The van der Waals surface area contributed by atoms with E-state index in [9.17, 15) is 4.79 Å². The Hall–Kier alpha value is -1.11. The van der Waals surface area contributed by atoms with Crippen LogP contribution in [0, 0.1) is 0 Å². The fourth-order valence-corrected chi connectivity index (χ4v) is 0.606. The van der Waals surface area contributed by atoms with Gasteiger partial charge in [0.15, 0.2) is 0 Å². The lowest BCUT2D eigenvalue weighted by atomic mass is 11.4. The number of hydrogen-bond donors (Lipinski definition) is 2. The summed E-state index contributed by atoms with van der Waals surface area (Å²) in [6.45, 7) is 0. The van der Waals surface area contributed by atoms with Crippen LogP contribution in [0.2, 0.25) is 0 Å². The van der Waals surface area contributed by atoms with Gasteiger partial charge in [-0.05, 0) is 10.4 Å². The summed E-state index contributed by atoms with van der Waals surface area (Å²) in [4.78, 5) is 9.91. The molecule has 1 rings (SSSR count). The van der Waals surface area contributed by atoms with Crippen LogP contribution in [0.5, 0.6) is 0 Å². The third-order valence-corrected chi connectivity index (χ3v) is 1.05. The summed E-state index contributed by atoms with van der Waals surface area (Å²) in [7, 11) is 0. The number of carboxylic acid groups (broad SMARTS) is 1. The monoisotopic (exact) mass is 146 g/mol. The third kappa shape index (κ3) is 1.68. The smallest absolute Gasteiger partial charge is 0.372 e. The maximum atomic E-state index is 9.91. The Kier molecular flexibility index (Phi) is 1.63. The molecule has 0 spiro atoms. The lowest BCUT2D eigenvalue weighted by Crippen LogP contribution is -1.84. The Balaban J connectivity index is 2.58. The normalized spacial score (nSPS) is 9.33. The van der Waals surface area contributed by atoms with Crippen molar-refractivity contribution in [3.05, 3.63) is 0 Å². The van der Waals surface area contributed by atoms with Gasteiger partial charge < -0.3 is 5.11 Å². The fraction of sp³-hybridized carbons (Fsp3) is 0. The molecule has 0 radical (unpaired) electrons. The first-order chi connectivity index (χ1) is 4.29. The number of hydrogen-bond acceptors (Lipinski definition) is 5. The van der Waals surface area contributed by atoms with Crippen molar-refractivity contribution in [1.82, 2.24) is 20.6 Å². The van der Waals surface area contributed by atoms with E-state index >= 15 is 0 Å². The summed E-state index contributed by atoms with van der Waals surface area (Å²) in [5.74, 6) is 0. The lowest BCUT2D eigenvalue weighted by molar-refractivity contribution is 0.222. The van der Waals surface area contributed by atoms with Crippen molar-refractivity contribution in [2.24, 2.45) is 0 Å². The molecule has 0 unspecified atom stereocenters. The molecule has 7 heteroatoms. The summed E-state index contributed by atoms with van der Waals surface area (Å²) in [6, 6.07) is 0. The molecular formula is C2H2N4O2S. The molecule has 0 aliphatic rings. The number of carbonyl (C=O) groups is 1. The molecule has 1 heterocycles. The number of H-pyrrole nitrogens is 1. The van der Waals surface area contributed by atoms with Crippen LogP contribution in [-0.4, -0.2) is 31.0 Å². The van der Waals surface area contributed by atoms with Crippen LogP contribution in [0.3, 0.4) is 0 Å². The molecule has 48 valence electrons. The van der Waals surface area contributed by atoms with Gasteiger partial charge in [0.1, 0.15) is 0 Å². The average Bonchev–Trinajstić information content (AvgIpc) is 2.15. The van der Waals surface area contributed by atoms with Crippen molar-refractivity contribution in [3.63, 3.8) is 0 Å². The van der Waals surface area contributed by atoms with Gasteiger partial charge in [0, 0.05) is 11.8 Å². The molecular weight excluding hydrogens is 144 g/mol. The van der Waals surface area contributed by atoms with Gasteiger partial charge >= 0.3 is 5.30 Å². The van der Waals surface area contributed by atoms with Gasteiger partial charge in [-0.25, -0.2) is 9.89 Å². The minimum Gasteiger partial charge on any atom is -0.473 e. The summed E-state index contributed by atoms with van der Waals surface area (Å²) in [5.41, 5.74) is 0. The van der Waals surface area contributed by atoms with Gasteiger partial charge in [0.25, 0.3) is 0 Å². The van der Waals surface area contributed by atoms with Crippen molar-refractivity contribution in [2.45, 2.75) is 5.16 Å². The number of tetrazole rings is 1. The molecule has 1 aromatic rings. The number of aromatic nitrogens is 4. The Labute approximate surface area is 53.6 Å². The van der Waals surface area contributed by atoms with Gasteiger partial charge in [0.05, 0.1) is 0 Å². The predicted octanol–water partition coefficient (Wildman–Crippen LogP) is -0.0302. The highest BCUT2D eigenvalue weighted by Gasteiger charge is 2.02. The van der Waals surface area contributed by atoms with E-state index in [0.717, 1.165) is 0 Å². The molecule has 0 saturated heterocycles. The number of nitrogens with one attached hydrogen (secondary N) is 1. The highest BCUT2D eigenvalue weighted by molar-refractivity contribution is 8.13. The van der Waals surface area contributed by atoms with Crippen LogP contribution in [0.25, 0.3) is 0 Å². The van der Waals surface area contributed by atoms with Gasteiger partial charge in [-0.3, -0.25) is 0 Å². The Morgan fingerprint density at radius 3 is 3.00 bits per heavy atom. The van der Waals surface area contributed by atoms with E-state index < -0.39 is 5.30 Å². The zero-order valence-corrected chi connectivity index (χ0v) is 4.92. The van der Waals surface area contributed by atoms with Gasteiger partial charge in [-0.1, -0.05) is 0 Å². The summed E-state index contributed by atoms with van der Waals surface area (Å²) >= 11 is 0.530. The van der Waals surface area contributed by atoms with Crippen molar-refractivity contribution in [3.8, 4) is 0 Å². The Morgan fingerprint density at radius 2 is 2.56 bits per heavy atom. The molecule has 0 aromatic carbocycles. The van der Waals surface area contributed by atoms with E-state index in [1.54, 1.807) is 0 Å². The standard InChI is InChI=1S/C2H2N4O2S/c7-2(8)9-1-3-5-6-4-1/h(H,7,8)(H,3,4,5,6). The average molecular weight is 146 g/mol.